The average molecular weight is 309 g/mol. The molecule has 3 rings (SSSR count). The Kier molecular flexibility index (Phi) is 4.61. The van der Waals surface area contributed by atoms with Crippen molar-refractivity contribution in [2.75, 3.05) is 6.54 Å². The van der Waals surface area contributed by atoms with Crippen LogP contribution in [0.25, 0.3) is 11.0 Å². The normalized spacial score (nSPS) is 12.2. The van der Waals surface area contributed by atoms with E-state index in [-0.39, 0.29) is 11.8 Å². The fraction of sp³-hybridized carbons (Fsp3) is 0.294. The predicted molar refractivity (Wildman–Crippen MR) is 87.6 cm³/mol. The Morgan fingerprint density at radius 3 is 2.96 bits per heavy atom. The molecule has 2 heterocycles. The third-order valence-corrected chi connectivity index (χ3v) is 3.74. The van der Waals surface area contributed by atoms with Crippen molar-refractivity contribution in [3.63, 3.8) is 0 Å². The highest BCUT2D eigenvalue weighted by Gasteiger charge is 2.14. The fourth-order valence-corrected chi connectivity index (χ4v) is 2.48. The fourth-order valence-electron chi connectivity index (χ4n) is 2.48. The molecular formula is C17H19N5O. The SMILES string of the molecule is CC(Cn1cnc2ccccc21)C(=O)NCCc1cnccn1. The van der Waals surface area contributed by atoms with Gasteiger partial charge in [-0.2, -0.15) is 0 Å². The number of carbonyl (C=O) groups is 1. The zero-order valence-electron chi connectivity index (χ0n) is 13.0. The van der Waals surface area contributed by atoms with Gasteiger partial charge in [0.2, 0.25) is 5.91 Å². The summed E-state index contributed by atoms with van der Waals surface area (Å²) in [4.78, 5) is 24.8. The number of para-hydroxylation sites is 2. The Balaban J connectivity index is 1.53. The van der Waals surface area contributed by atoms with Crippen LogP contribution in [-0.4, -0.2) is 32.0 Å². The summed E-state index contributed by atoms with van der Waals surface area (Å²) in [6.07, 6.45) is 7.48. The Morgan fingerprint density at radius 1 is 1.26 bits per heavy atom. The van der Waals surface area contributed by atoms with Crippen LogP contribution in [0, 0.1) is 5.92 Å². The largest absolute Gasteiger partial charge is 0.355 e. The number of fused-ring (bicyclic) bond motifs is 1. The van der Waals surface area contributed by atoms with Crippen molar-refractivity contribution in [2.45, 2.75) is 19.9 Å². The lowest BCUT2D eigenvalue weighted by Gasteiger charge is -2.13. The Morgan fingerprint density at radius 2 is 2.13 bits per heavy atom. The van der Waals surface area contributed by atoms with Crippen LogP contribution in [0.2, 0.25) is 0 Å². The van der Waals surface area contributed by atoms with E-state index in [1.54, 1.807) is 24.9 Å². The van der Waals surface area contributed by atoms with Crippen LogP contribution in [0.3, 0.4) is 0 Å². The van der Waals surface area contributed by atoms with Crippen molar-refractivity contribution in [1.82, 2.24) is 24.8 Å². The number of benzene rings is 1. The molecule has 0 saturated carbocycles. The van der Waals surface area contributed by atoms with Crippen molar-refractivity contribution >= 4 is 16.9 Å². The topological polar surface area (TPSA) is 72.7 Å². The van der Waals surface area contributed by atoms with Gasteiger partial charge in [-0.15, -0.1) is 0 Å². The highest BCUT2D eigenvalue weighted by Crippen LogP contribution is 2.13. The van der Waals surface area contributed by atoms with E-state index in [1.165, 1.54) is 0 Å². The standard InChI is InChI=1S/C17H19N5O/c1-13(11-22-12-21-15-4-2-3-5-16(15)22)17(23)20-7-6-14-10-18-8-9-19-14/h2-5,8-10,12-13H,6-7,11H2,1H3,(H,20,23). The molecule has 1 N–H and O–H groups in total. The minimum atomic E-state index is -0.130. The summed E-state index contributed by atoms with van der Waals surface area (Å²) < 4.78 is 2.02. The third kappa shape index (κ3) is 3.71. The molecule has 0 radical (unpaired) electrons. The summed E-state index contributed by atoms with van der Waals surface area (Å²) in [6, 6.07) is 7.92. The maximum absolute atomic E-state index is 12.2. The van der Waals surface area contributed by atoms with Crippen molar-refractivity contribution in [3.05, 3.63) is 54.9 Å². The molecule has 118 valence electrons. The van der Waals surface area contributed by atoms with E-state index in [2.05, 4.69) is 20.3 Å². The average Bonchev–Trinajstić information content (AvgIpc) is 2.99. The maximum atomic E-state index is 12.2. The van der Waals surface area contributed by atoms with Crippen LogP contribution >= 0.6 is 0 Å². The van der Waals surface area contributed by atoms with Gasteiger partial charge in [0.05, 0.1) is 29.0 Å². The van der Waals surface area contributed by atoms with Gasteiger partial charge < -0.3 is 9.88 Å². The van der Waals surface area contributed by atoms with Crippen molar-refractivity contribution < 1.29 is 4.79 Å². The second kappa shape index (κ2) is 7.00. The maximum Gasteiger partial charge on any atom is 0.224 e. The minimum absolute atomic E-state index is 0.0340. The molecule has 0 saturated heterocycles. The van der Waals surface area contributed by atoms with Gasteiger partial charge >= 0.3 is 0 Å². The van der Waals surface area contributed by atoms with Crippen LogP contribution < -0.4 is 5.32 Å². The second-order valence-electron chi connectivity index (χ2n) is 5.52. The molecule has 23 heavy (non-hydrogen) atoms. The van der Waals surface area contributed by atoms with E-state index in [1.807, 2.05) is 35.8 Å². The molecule has 0 aliphatic heterocycles. The summed E-state index contributed by atoms with van der Waals surface area (Å²) in [5.41, 5.74) is 2.87. The number of aromatic nitrogens is 4. The first-order valence-corrected chi connectivity index (χ1v) is 7.66. The molecule has 1 amide bonds. The first-order valence-electron chi connectivity index (χ1n) is 7.66. The number of hydrogen-bond acceptors (Lipinski definition) is 4. The Bertz CT molecular complexity index is 784. The first kappa shape index (κ1) is 15.1. The number of hydrogen-bond donors (Lipinski definition) is 1. The van der Waals surface area contributed by atoms with Crippen molar-refractivity contribution in [3.8, 4) is 0 Å². The molecule has 0 bridgehead atoms. The Hall–Kier alpha value is -2.76. The molecule has 0 fully saturated rings. The predicted octanol–water partition coefficient (Wildman–Crippen LogP) is 1.82. The molecular weight excluding hydrogens is 290 g/mol. The van der Waals surface area contributed by atoms with Gasteiger partial charge in [-0.05, 0) is 12.1 Å². The van der Waals surface area contributed by atoms with Crippen molar-refractivity contribution in [1.29, 1.82) is 0 Å². The number of carbonyl (C=O) groups excluding carboxylic acids is 1. The number of nitrogens with one attached hydrogen (secondary N) is 1. The minimum Gasteiger partial charge on any atom is -0.355 e. The number of amides is 1. The van der Waals surface area contributed by atoms with E-state index >= 15 is 0 Å². The van der Waals surface area contributed by atoms with Gasteiger partial charge in [0.15, 0.2) is 0 Å². The second-order valence-corrected chi connectivity index (χ2v) is 5.52. The molecule has 6 heteroatoms. The zero-order valence-corrected chi connectivity index (χ0v) is 13.0. The molecule has 0 aliphatic carbocycles. The van der Waals surface area contributed by atoms with E-state index in [4.69, 9.17) is 0 Å². The molecule has 6 nitrogen and oxygen atoms in total. The van der Waals surface area contributed by atoms with E-state index in [0.717, 1.165) is 16.7 Å². The highest BCUT2D eigenvalue weighted by molar-refractivity contribution is 5.79. The number of rotatable bonds is 6. The van der Waals surface area contributed by atoms with Gasteiger partial charge in [-0.25, -0.2) is 4.98 Å². The van der Waals surface area contributed by atoms with E-state index < -0.39 is 0 Å². The first-order chi connectivity index (χ1) is 11.2. The van der Waals surface area contributed by atoms with E-state index in [0.29, 0.717) is 19.5 Å². The van der Waals surface area contributed by atoms with Gasteiger partial charge in [0, 0.05) is 38.1 Å². The quantitative estimate of drug-likeness (QED) is 0.754. The van der Waals surface area contributed by atoms with Crippen LogP contribution in [0.5, 0.6) is 0 Å². The van der Waals surface area contributed by atoms with Crippen LogP contribution in [0.1, 0.15) is 12.6 Å². The number of imidazole rings is 1. The highest BCUT2D eigenvalue weighted by atomic mass is 16.1. The van der Waals surface area contributed by atoms with Crippen LogP contribution in [0.15, 0.2) is 49.2 Å². The van der Waals surface area contributed by atoms with Gasteiger partial charge in [0.25, 0.3) is 0 Å². The molecule has 2 aromatic heterocycles. The Labute approximate surface area is 134 Å². The van der Waals surface area contributed by atoms with E-state index in [9.17, 15) is 4.79 Å². The van der Waals surface area contributed by atoms with Gasteiger partial charge in [-0.1, -0.05) is 19.1 Å². The monoisotopic (exact) mass is 309 g/mol. The van der Waals surface area contributed by atoms with Crippen molar-refractivity contribution in [2.24, 2.45) is 5.92 Å². The lowest BCUT2D eigenvalue weighted by atomic mass is 10.1. The summed E-state index contributed by atoms with van der Waals surface area (Å²) in [5.74, 6) is -0.0962. The summed E-state index contributed by atoms with van der Waals surface area (Å²) in [6.45, 7) is 3.09. The summed E-state index contributed by atoms with van der Waals surface area (Å²) in [5, 5.41) is 2.95. The lowest BCUT2D eigenvalue weighted by Crippen LogP contribution is -2.33. The third-order valence-electron chi connectivity index (χ3n) is 3.74. The number of nitrogens with zero attached hydrogens (tertiary/aromatic N) is 4. The summed E-state index contributed by atoms with van der Waals surface area (Å²) >= 11 is 0. The summed E-state index contributed by atoms with van der Waals surface area (Å²) in [7, 11) is 0. The smallest absolute Gasteiger partial charge is 0.224 e. The molecule has 0 spiro atoms. The lowest BCUT2D eigenvalue weighted by molar-refractivity contribution is -0.124. The zero-order chi connectivity index (χ0) is 16.1. The van der Waals surface area contributed by atoms with Gasteiger partial charge in [-0.3, -0.25) is 14.8 Å². The van der Waals surface area contributed by atoms with Crippen LogP contribution in [-0.2, 0) is 17.8 Å². The molecule has 3 aromatic rings. The molecule has 1 unspecified atom stereocenters. The van der Waals surface area contributed by atoms with Crippen LogP contribution in [0.4, 0.5) is 0 Å². The molecule has 0 aliphatic rings. The molecule has 1 aromatic carbocycles. The van der Waals surface area contributed by atoms with Gasteiger partial charge in [0.1, 0.15) is 0 Å². The molecule has 1 atom stereocenters.